The average Bonchev–Trinajstić information content (AvgIpc) is 2.51. The number of pyridine rings is 2. The van der Waals surface area contributed by atoms with Crippen molar-refractivity contribution in [2.45, 2.75) is 0 Å². The lowest BCUT2D eigenvalue weighted by Gasteiger charge is -2.09. The van der Waals surface area contributed by atoms with Gasteiger partial charge in [-0.3, -0.25) is 4.98 Å². The van der Waals surface area contributed by atoms with Gasteiger partial charge in [-0.2, -0.15) is 0 Å². The molecule has 0 aliphatic heterocycles. The summed E-state index contributed by atoms with van der Waals surface area (Å²) in [6.07, 6.45) is 3.24. The van der Waals surface area contributed by atoms with E-state index < -0.39 is 5.97 Å². The van der Waals surface area contributed by atoms with E-state index in [2.05, 4.69) is 9.97 Å². The summed E-state index contributed by atoms with van der Waals surface area (Å²) in [6.45, 7) is 0. The highest BCUT2D eigenvalue weighted by atomic mass is 35.5. The van der Waals surface area contributed by atoms with Crippen molar-refractivity contribution in [2.24, 2.45) is 0 Å². The van der Waals surface area contributed by atoms with Crippen LogP contribution in [0, 0.1) is 0 Å². The molecule has 0 amide bonds. The fourth-order valence-corrected chi connectivity index (χ4v) is 2.43. The topological polar surface area (TPSA) is 63.1 Å². The van der Waals surface area contributed by atoms with Gasteiger partial charge in [-0.15, -0.1) is 0 Å². The molecule has 0 unspecified atom stereocenters. The lowest BCUT2D eigenvalue weighted by molar-refractivity contribution is 0.0699. The molecule has 0 saturated carbocycles. The highest BCUT2D eigenvalue weighted by Crippen LogP contribution is 2.33. The molecule has 0 atom stereocenters. The summed E-state index contributed by atoms with van der Waals surface area (Å²) in [4.78, 5) is 19.9. The van der Waals surface area contributed by atoms with Gasteiger partial charge in [0, 0.05) is 23.3 Å². The Morgan fingerprint density at radius 1 is 1.19 bits per heavy atom. The SMILES string of the molecule is O=C(O)c1cc(-c2cccnc2)nc2c(Cl)c(Cl)ccc12. The maximum absolute atomic E-state index is 11.5. The number of rotatable bonds is 2. The molecular weight excluding hydrogens is 311 g/mol. The number of fused-ring (bicyclic) bond motifs is 1. The van der Waals surface area contributed by atoms with Crippen LogP contribution in [0.3, 0.4) is 0 Å². The molecule has 0 aliphatic rings. The third-order valence-corrected chi connectivity index (χ3v) is 3.85. The van der Waals surface area contributed by atoms with Crippen LogP contribution in [0.25, 0.3) is 22.2 Å². The van der Waals surface area contributed by atoms with Gasteiger partial charge in [0.05, 0.1) is 26.8 Å². The number of halogens is 2. The first-order valence-corrected chi connectivity index (χ1v) is 6.76. The van der Waals surface area contributed by atoms with Crippen molar-refractivity contribution in [3.63, 3.8) is 0 Å². The number of nitrogens with zero attached hydrogens (tertiary/aromatic N) is 2. The molecule has 4 nitrogen and oxygen atoms in total. The molecule has 21 heavy (non-hydrogen) atoms. The molecule has 1 aromatic carbocycles. The van der Waals surface area contributed by atoms with Gasteiger partial charge in [-0.25, -0.2) is 9.78 Å². The molecule has 0 spiro atoms. The summed E-state index contributed by atoms with van der Waals surface area (Å²) in [5.41, 5.74) is 1.68. The lowest BCUT2D eigenvalue weighted by Crippen LogP contribution is -2.01. The fraction of sp³-hybridized carbons (Fsp3) is 0. The van der Waals surface area contributed by atoms with Crippen LogP contribution < -0.4 is 0 Å². The molecule has 104 valence electrons. The minimum Gasteiger partial charge on any atom is -0.478 e. The normalized spacial score (nSPS) is 10.8. The number of benzene rings is 1. The standard InChI is InChI=1S/C15H8Cl2N2O2/c16-11-4-3-9-10(15(20)21)6-12(19-14(9)13(11)17)8-2-1-5-18-7-8/h1-7H,(H,20,21). The first kappa shape index (κ1) is 13.8. The van der Waals surface area contributed by atoms with E-state index in [0.29, 0.717) is 27.2 Å². The van der Waals surface area contributed by atoms with Crippen LogP contribution in [0.2, 0.25) is 10.0 Å². The van der Waals surface area contributed by atoms with Gasteiger partial charge in [-0.1, -0.05) is 29.3 Å². The predicted octanol–water partition coefficient (Wildman–Crippen LogP) is 4.30. The second kappa shape index (κ2) is 5.31. The van der Waals surface area contributed by atoms with Crippen LogP contribution in [0.4, 0.5) is 0 Å². The van der Waals surface area contributed by atoms with Crippen LogP contribution in [0.5, 0.6) is 0 Å². The average molecular weight is 319 g/mol. The minimum absolute atomic E-state index is 0.123. The zero-order valence-electron chi connectivity index (χ0n) is 10.5. The molecule has 3 aromatic rings. The number of hydrogen-bond acceptors (Lipinski definition) is 3. The maximum Gasteiger partial charge on any atom is 0.336 e. The molecule has 2 aromatic heterocycles. The van der Waals surface area contributed by atoms with Crippen LogP contribution in [-0.2, 0) is 0 Å². The van der Waals surface area contributed by atoms with E-state index in [9.17, 15) is 9.90 Å². The van der Waals surface area contributed by atoms with E-state index in [-0.39, 0.29) is 10.6 Å². The smallest absolute Gasteiger partial charge is 0.336 e. The van der Waals surface area contributed by atoms with Gasteiger partial charge in [0.1, 0.15) is 0 Å². The monoisotopic (exact) mass is 318 g/mol. The number of carbonyl (C=O) groups is 1. The Morgan fingerprint density at radius 3 is 2.67 bits per heavy atom. The van der Waals surface area contributed by atoms with E-state index in [4.69, 9.17) is 23.2 Å². The van der Waals surface area contributed by atoms with Crippen molar-refractivity contribution in [3.05, 3.63) is 58.3 Å². The van der Waals surface area contributed by atoms with Crippen LogP contribution in [-0.4, -0.2) is 21.0 Å². The maximum atomic E-state index is 11.5. The number of carboxylic acid groups (broad SMARTS) is 1. The van der Waals surface area contributed by atoms with Crippen molar-refractivity contribution in [1.82, 2.24) is 9.97 Å². The Balaban J connectivity index is 2.39. The molecule has 0 bridgehead atoms. The van der Waals surface area contributed by atoms with Gasteiger partial charge in [0.15, 0.2) is 0 Å². The van der Waals surface area contributed by atoms with Gasteiger partial charge < -0.3 is 5.11 Å². The Bertz CT molecular complexity index is 851. The van der Waals surface area contributed by atoms with Gasteiger partial charge in [0.25, 0.3) is 0 Å². The molecule has 1 N–H and O–H groups in total. The molecule has 2 heterocycles. The van der Waals surface area contributed by atoms with Crippen molar-refractivity contribution in [2.75, 3.05) is 0 Å². The van der Waals surface area contributed by atoms with Gasteiger partial charge >= 0.3 is 5.97 Å². The molecule has 6 heteroatoms. The highest BCUT2D eigenvalue weighted by molar-refractivity contribution is 6.45. The second-order valence-corrected chi connectivity index (χ2v) is 5.14. The van der Waals surface area contributed by atoms with E-state index in [1.807, 2.05) is 0 Å². The Hall–Kier alpha value is -2.17. The Morgan fingerprint density at radius 2 is 2.00 bits per heavy atom. The molecule has 0 radical (unpaired) electrons. The summed E-state index contributed by atoms with van der Waals surface area (Å²) in [5.74, 6) is -1.05. The number of hydrogen-bond donors (Lipinski definition) is 1. The van der Waals surface area contributed by atoms with E-state index in [0.717, 1.165) is 0 Å². The largest absolute Gasteiger partial charge is 0.478 e. The lowest BCUT2D eigenvalue weighted by atomic mass is 10.1. The van der Waals surface area contributed by atoms with E-state index >= 15 is 0 Å². The summed E-state index contributed by atoms with van der Waals surface area (Å²) in [6, 6.07) is 8.22. The van der Waals surface area contributed by atoms with Crippen molar-refractivity contribution < 1.29 is 9.90 Å². The molecule has 0 aliphatic carbocycles. The summed E-state index contributed by atoms with van der Waals surface area (Å²) < 4.78 is 0. The molecule has 0 saturated heterocycles. The summed E-state index contributed by atoms with van der Waals surface area (Å²) >= 11 is 12.1. The summed E-state index contributed by atoms with van der Waals surface area (Å²) in [5, 5.41) is 10.4. The third-order valence-electron chi connectivity index (χ3n) is 3.06. The Labute approximate surface area is 130 Å². The van der Waals surface area contributed by atoms with Crippen molar-refractivity contribution >= 4 is 40.1 Å². The molecule has 0 fully saturated rings. The van der Waals surface area contributed by atoms with Crippen molar-refractivity contribution in [1.29, 1.82) is 0 Å². The van der Waals surface area contributed by atoms with Crippen LogP contribution in [0.1, 0.15) is 10.4 Å². The van der Waals surface area contributed by atoms with Crippen LogP contribution >= 0.6 is 23.2 Å². The first-order chi connectivity index (χ1) is 10.1. The van der Waals surface area contributed by atoms with Gasteiger partial charge in [-0.05, 0) is 24.3 Å². The molecule has 3 rings (SSSR count). The number of aromatic nitrogens is 2. The third kappa shape index (κ3) is 2.44. The Kier molecular flexibility index (Phi) is 3.49. The van der Waals surface area contributed by atoms with Crippen molar-refractivity contribution in [3.8, 4) is 11.3 Å². The second-order valence-electron chi connectivity index (χ2n) is 4.36. The zero-order valence-corrected chi connectivity index (χ0v) is 12.1. The van der Waals surface area contributed by atoms with E-state index in [1.54, 1.807) is 36.7 Å². The first-order valence-electron chi connectivity index (χ1n) is 6.00. The fourth-order valence-electron chi connectivity index (χ4n) is 2.07. The van der Waals surface area contributed by atoms with Crippen LogP contribution in [0.15, 0.2) is 42.7 Å². The molecular formula is C15H8Cl2N2O2. The highest BCUT2D eigenvalue weighted by Gasteiger charge is 2.16. The number of carboxylic acids is 1. The zero-order chi connectivity index (χ0) is 15.0. The number of aromatic carboxylic acids is 1. The quantitative estimate of drug-likeness (QED) is 0.765. The minimum atomic E-state index is -1.05. The van der Waals surface area contributed by atoms with Gasteiger partial charge in [0.2, 0.25) is 0 Å². The summed E-state index contributed by atoms with van der Waals surface area (Å²) in [7, 11) is 0. The predicted molar refractivity (Wildman–Crippen MR) is 82.0 cm³/mol. The van der Waals surface area contributed by atoms with E-state index in [1.165, 1.54) is 6.07 Å².